The van der Waals surface area contributed by atoms with Crippen molar-refractivity contribution in [1.29, 1.82) is 0 Å². The van der Waals surface area contributed by atoms with Crippen LogP contribution in [0.4, 0.5) is 0 Å². The molecule has 18 heavy (non-hydrogen) atoms. The Hall–Kier alpha value is -1.22. The summed E-state index contributed by atoms with van der Waals surface area (Å²) in [5.74, 6) is 0.760. The maximum Gasteiger partial charge on any atom is 0.123 e. The summed E-state index contributed by atoms with van der Waals surface area (Å²) in [5, 5.41) is 1.02. The summed E-state index contributed by atoms with van der Waals surface area (Å²) in [6.45, 7) is 0. The van der Waals surface area contributed by atoms with Gasteiger partial charge < -0.3 is 10.5 Å². The maximum atomic E-state index is 6.23. The van der Waals surface area contributed by atoms with Crippen molar-refractivity contribution in [3.8, 4) is 5.75 Å². The zero-order chi connectivity index (χ0) is 13.1. The molecule has 0 radical (unpaired) electrons. The third kappa shape index (κ3) is 2.61. The second kappa shape index (κ2) is 5.61. The highest BCUT2D eigenvalue weighted by molar-refractivity contribution is 6.42. The second-order valence-corrected chi connectivity index (χ2v) is 4.71. The van der Waals surface area contributed by atoms with Gasteiger partial charge in [0.25, 0.3) is 0 Å². The fraction of sp³-hybridized carbons (Fsp3) is 0.143. The molecular weight excluding hydrogens is 269 g/mol. The normalized spacial score (nSPS) is 12.2. The largest absolute Gasteiger partial charge is 0.496 e. The van der Waals surface area contributed by atoms with Crippen LogP contribution >= 0.6 is 23.2 Å². The van der Waals surface area contributed by atoms with Crippen molar-refractivity contribution in [3.63, 3.8) is 0 Å². The highest BCUT2D eigenvalue weighted by atomic mass is 35.5. The molecule has 0 heterocycles. The molecule has 1 atom stereocenters. The Bertz CT molecular complexity index is 557. The standard InChI is InChI=1S/C14H13Cl2NO/c1-18-13-5-3-2-4-10(13)14(17)9-6-7-11(15)12(16)8-9/h2-8,14H,17H2,1H3. The van der Waals surface area contributed by atoms with Crippen molar-refractivity contribution in [1.82, 2.24) is 0 Å². The number of hydrogen-bond donors (Lipinski definition) is 1. The van der Waals surface area contributed by atoms with E-state index in [-0.39, 0.29) is 6.04 Å². The molecule has 2 nitrogen and oxygen atoms in total. The van der Waals surface area contributed by atoms with Gasteiger partial charge in [-0.3, -0.25) is 0 Å². The number of ether oxygens (including phenoxy) is 1. The van der Waals surface area contributed by atoms with Gasteiger partial charge in [0.1, 0.15) is 5.75 Å². The topological polar surface area (TPSA) is 35.2 Å². The van der Waals surface area contributed by atoms with Crippen molar-refractivity contribution in [2.45, 2.75) is 6.04 Å². The number of para-hydroxylation sites is 1. The fourth-order valence-corrected chi connectivity index (χ4v) is 2.12. The number of methoxy groups -OCH3 is 1. The molecule has 0 fully saturated rings. The minimum atomic E-state index is -0.295. The first-order valence-electron chi connectivity index (χ1n) is 5.47. The summed E-state index contributed by atoms with van der Waals surface area (Å²) >= 11 is 11.9. The summed E-state index contributed by atoms with van der Waals surface area (Å²) in [6, 6.07) is 12.7. The highest BCUT2D eigenvalue weighted by Gasteiger charge is 2.14. The van der Waals surface area contributed by atoms with Crippen molar-refractivity contribution in [3.05, 3.63) is 63.6 Å². The van der Waals surface area contributed by atoms with Gasteiger partial charge in [-0.1, -0.05) is 47.5 Å². The molecule has 4 heteroatoms. The van der Waals surface area contributed by atoms with Gasteiger partial charge in [-0.15, -0.1) is 0 Å². The molecule has 0 aliphatic rings. The smallest absolute Gasteiger partial charge is 0.123 e. The molecule has 0 aliphatic heterocycles. The molecule has 0 aliphatic carbocycles. The fourth-order valence-electron chi connectivity index (χ4n) is 1.81. The van der Waals surface area contributed by atoms with Gasteiger partial charge in [0, 0.05) is 5.56 Å². The third-order valence-corrected chi connectivity index (χ3v) is 3.52. The lowest BCUT2D eigenvalue weighted by molar-refractivity contribution is 0.408. The predicted octanol–water partition coefficient (Wildman–Crippen LogP) is 4.05. The van der Waals surface area contributed by atoms with Crippen LogP contribution in [-0.2, 0) is 0 Å². The minimum absolute atomic E-state index is 0.295. The van der Waals surface area contributed by atoms with Crippen LogP contribution < -0.4 is 10.5 Å². The number of hydrogen-bond acceptors (Lipinski definition) is 2. The zero-order valence-electron chi connectivity index (χ0n) is 9.86. The van der Waals surface area contributed by atoms with Crippen LogP contribution in [0.25, 0.3) is 0 Å². The van der Waals surface area contributed by atoms with E-state index in [1.165, 1.54) is 0 Å². The van der Waals surface area contributed by atoms with E-state index in [4.69, 9.17) is 33.7 Å². The first kappa shape index (κ1) is 13.2. The Morgan fingerprint density at radius 3 is 2.44 bits per heavy atom. The Morgan fingerprint density at radius 2 is 1.78 bits per heavy atom. The minimum Gasteiger partial charge on any atom is -0.496 e. The molecule has 2 N–H and O–H groups in total. The lowest BCUT2D eigenvalue weighted by Gasteiger charge is -2.16. The van der Waals surface area contributed by atoms with Crippen LogP contribution in [0.5, 0.6) is 5.75 Å². The second-order valence-electron chi connectivity index (χ2n) is 3.89. The Kier molecular flexibility index (Phi) is 4.12. The summed E-state index contributed by atoms with van der Waals surface area (Å²) in [4.78, 5) is 0. The van der Waals surface area contributed by atoms with Gasteiger partial charge in [0.05, 0.1) is 23.2 Å². The average molecular weight is 282 g/mol. The Balaban J connectivity index is 2.41. The van der Waals surface area contributed by atoms with Crippen LogP contribution in [0.15, 0.2) is 42.5 Å². The van der Waals surface area contributed by atoms with E-state index in [1.807, 2.05) is 30.3 Å². The molecule has 2 rings (SSSR count). The lowest BCUT2D eigenvalue weighted by atomic mass is 9.99. The van der Waals surface area contributed by atoms with Crippen molar-refractivity contribution in [2.75, 3.05) is 7.11 Å². The van der Waals surface area contributed by atoms with Crippen molar-refractivity contribution < 1.29 is 4.74 Å². The van der Waals surface area contributed by atoms with E-state index in [2.05, 4.69) is 0 Å². The molecule has 0 saturated carbocycles. The monoisotopic (exact) mass is 281 g/mol. The maximum absolute atomic E-state index is 6.23. The van der Waals surface area contributed by atoms with Gasteiger partial charge in [0.2, 0.25) is 0 Å². The SMILES string of the molecule is COc1ccccc1C(N)c1ccc(Cl)c(Cl)c1. The van der Waals surface area contributed by atoms with E-state index in [0.29, 0.717) is 10.0 Å². The van der Waals surface area contributed by atoms with Gasteiger partial charge in [0.15, 0.2) is 0 Å². The molecule has 1 unspecified atom stereocenters. The van der Waals surface area contributed by atoms with Crippen molar-refractivity contribution >= 4 is 23.2 Å². The average Bonchev–Trinajstić information content (AvgIpc) is 2.41. The number of rotatable bonds is 3. The third-order valence-electron chi connectivity index (χ3n) is 2.78. The van der Waals surface area contributed by atoms with Gasteiger partial charge in [-0.25, -0.2) is 0 Å². The lowest BCUT2D eigenvalue weighted by Crippen LogP contribution is -2.13. The zero-order valence-corrected chi connectivity index (χ0v) is 11.4. The van der Waals surface area contributed by atoms with Crippen LogP contribution in [0.1, 0.15) is 17.2 Å². The summed E-state index contributed by atoms with van der Waals surface area (Å²) in [6.07, 6.45) is 0. The van der Waals surface area contributed by atoms with E-state index in [0.717, 1.165) is 16.9 Å². The first-order chi connectivity index (χ1) is 8.63. The van der Waals surface area contributed by atoms with E-state index in [1.54, 1.807) is 19.2 Å². The van der Waals surface area contributed by atoms with Gasteiger partial charge in [-0.2, -0.15) is 0 Å². The Labute approximate surface area is 116 Å². The molecule has 0 aromatic heterocycles. The molecular formula is C14H13Cl2NO. The summed E-state index contributed by atoms with van der Waals surface area (Å²) in [7, 11) is 1.63. The number of nitrogens with two attached hydrogens (primary N) is 1. The van der Waals surface area contributed by atoms with Gasteiger partial charge >= 0.3 is 0 Å². The Morgan fingerprint density at radius 1 is 1.06 bits per heavy atom. The van der Waals surface area contributed by atoms with Crippen LogP contribution in [0.2, 0.25) is 10.0 Å². The van der Waals surface area contributed by atoms with Crippen LogP contribution in [-0.4, -0.2) is 7.11 Å². The van der Waals surface area contributed by atoms with E-state index < -0.39 is 0 Å². The highest BCUT2D eigenvalue weighted by Crippen LogP contribution is 2.31. The molecule has 2 aromatic carbocycles. The predicted molar refractivity (Wildman–Crippen MR) is 75.5 cm³/mol. The van der Waals surface area contributed by atoms with Crippen LogP contribution in [0.3, 0.4) is 0 Å². The van der Waals surface area contributed by atoms with E-state index >= 15 is 0 Å². The van der Waals surface area contributed by atoms with Crippen molar-refractivity contribution in [2.24, 2.45) is 5.73 Å². The molecule has 0 bridgehead atoms. The summed E-state index contributed by atoms with van der Waals surface area (Å²) < 4.78 is 5.30. The molecule has 0 saturated heterocycles. The summed E-state index contributed by atoms with van der Waals surface area (Å²) in [5.41, 5.74) is 8.04. The molecule has 2 aromatic rings. The molecule has 0 amide bonds. The van der Waals surface area contributed by atoms with Gasteiger partial charge in [-0.05, 0) is 23.8 Å². The molecule has 0 spiro atoms. The first-order valence-corrected chi connectivity index (χ1v) is 6.22. The van der Waals surface area contributed by atoms with E-state index in [9.17, 15) is 0 Å². The molecule has 94 valence electrons. The number of benzene rings is 2. The van der Waals surface area contributed by atoms with Crippen LogP contribution in [0, 0.1) is 0 Å². The quantitative estimate of drug-likeness (QED) is 0.921. The number of halogens is 2.